The smallest absolute Gasteiger partial charge is 0.415 e. The Hall–Kier alpha value is -14.2. The van der Waals surface area contributed by atoms with Gasteiger partial charge in [-0.05, 0) is 149 Å². The number of carbonyl (C=O) groups excluding carboxylic acids is 4. The highest BCUT2D eigenvalue weighted by atomic mass is 16.6. The lowest BCUT2D eigenvalue weighted by molar-refractivity contribution is -0.384. The van der Waals surface area contributed by atoms with Crippen LogP contribution in [0.5, 0.6) is 51.7 Å². The first-order valence-electron chi connectivity index (χ1n) is 39.3. The number of morpholine rings is 2. The van der Waals surface area contributed by atoms with Crippen LogP contribution in [0.25, 0.3) is 67.2 Å². The van der Waals surface area contributed by atoms with Gasteiger partial charge in [0.1, 0.15) is 76.0 Å². The topological polar surface area (TPSA) is 400 Å². The van der Waals surface area contributed by atoms with Crippen LogP contribution < -0.4 is 34.1 Å². The molecule has 121 heavy (non-hydrogen) atoms. The molecule has 0 saturated carbocycles. The van der Waals surface area contributed by atoms with Crippen molar-refractivity contribution in [1.29, 1.82) is 0 Å². The van der Waals surface area contributed by atoms with Gasteiger partial charge in [-0.1, -0.05) is 64.1 Å². The number of benzene rings is 7. The van der Waals surface area contributed by atoms with Gasteiger partial charge in [-0.15, -0.1) is 0 Å². The summed E-state index contributed by atoms with van der Waals surface area (Å²) < 4.78 is 45.3. The van der Waals surface area contributed by atoms with Crippen LogP contribution in [0.3, 0.4) is 0 Å². The number of carbonyl (C=O) groups is 4. The molecule has 6 N–H and O–H groups in total. The number of fused-ring (bicyclic) bond motifs is 8. The zero-order chi connectivity index (χ0) is 85.1. The molecule has 13 aromatic rings. The third-order valence-corrected chi connectivity index (χ3v) is 20.5. The van der Waals surface area contributed by atoms with Crippen LogP contribution in [0, 0.1) is 10.1 Å². The van der Waals surface area contributed by atoms with Crippen LogP contribution in [0.4, 0.5) is 22.1 Å². The number of amides is 3. The molecular weight excluding hydrogens is 1560 g/mol. The summed E-state index contributed by atoms with van der Waals surface area (Å²) in [5, 5.41) is 65.5. The first-order valence-corrected chi connectivity index (χ1v) is 39.3. The number of nitro benzene ring substituents is 1. The number of nitrogens with zero attached hydrogens (tertiary/aromatic N) is 12. The number of hydrogen-bond donors (Lipinski definition) is 6. The van der Waals surface area contributed by atoms with E-state index in [-0.39, 0.29) is 82.4 Å². The maximum atomic E-state index is 13.4. The minimum absolute atomic E-state index is 0.00659. The quantitative estimate of drug-likeness (QED) is 0.0144. The molecule has 7 aromatic carbocycles. The molecular formula is C89H89N13O19. The summed E-state index contributed by atoms with van der Waals surface area (Å²) in [4.78, 5) is 96.6. The van der Waals surface area contributed by atoms with Gasteiger partial charge in [0.15, 0.2) is 34.5 Å². The summed E-state index contributed by atoms with van der Waals surface area (Å²) in [6.45, 7) is 17.7. The van der Waals surface area contributed by atoms with E-state index in [2.05, 4.69) is 29.8 Å². The van der Waals surface area contributed by atoms with Gasteiger partial charge in [0.2, 0.25) is 11.4 Å². The molecule has 0 spiro atoms. The predicted octanol–water partition coefficient (Wildman–Crippen LogP) is 14.0. The standard InChI is InChI=1S/C41H40N6O8.C21H26N2O4.C19H16N4O3.C8H7NO4/c1-24(2)31-20-32(34(49)21-33(31)48)40(50)47-22-26-9-10-28(19-27(26)23-47)53-17-12-45(3)41(51)54-29-7-4-6-25(18-29)37-43-35-30-8-5-11-42-39(30)55-36(35)38(44-37)46-13-15-52-16-14-46;1-13(2)17-9-18(20(25)10-19(17)24)21(26)23-11-14-4-5-16(8-15(14)12-23)27-7-6-22-3;24-13-4-1-3-12(11-13)17-21-15-14-5-2-6-20-19(14)26-16(15)18(22-17)23-7-9-25-10-8-23;1-6(10)13-8-4-2-7(3-5-8)9(11)12/h4-11,18-21,24,48-49H,12-17,22-23H2,1-3H3;4-5,8-10,13,22,24-25H,6-7,11-12H2,1-3H3;1-6,11,24H,7-10H2;2-5H,1H3. The normalized spacial score (nSPS) is 13.6. The number of rotatable bonds is 19. The van der Waals surface area contributed by atoms with Crippen LogP contribution in [0.2, 0.25) is 0 Å². The highest BCUT2D eigenvalue weighted by Crippen LogP contribution is 2.41. The van der Waals surface area contributed by atoms with Crippen LogP contribution >= 0.6 is 0 Å². The number of likely N-dealkylation sites (N-methyl/N-ethyl adjacent to an activating group) is 2. The van der Waals surface area contributed by atoms with Crippen molar-refractivity contribution in [2.75, 3.05) is 103 Å². The van der Waals surface area contributed by atoms with Crippen LogP contribution in [0.1, 0.15) is 101 Å². The molecule has 3 amide bonds. The minimum Gasteiger partial charge on any atom is -0.508 e. The fourth-order valence-corrected chi connectivity index (χ4v) is 14.2. The SMILES string of the molecule is CC(=O)Oc1ccc([N+](=O)[O-])cc1.CC(C)c1cc(C(=O)N2Cc3ccc(OCCN(C)C(=O)Oc4cccc(-c5nc(N6CCOCC6)c6oc7ncccc7c6n5)c4)cc3C2)c(O)cc1O.CNCCOc1ccc2c(c1)CN(C(=O)c1cc(C(C)C)c(O)cc1O)C2.Oc1cccc(-c2nc(N3CCOCC3)c3oc4ncccc4c3n2)c1. The number of anilines is 2. The summed E-state index contributed by atoms with van der Waals surface area (Å²) in [5.74, 6) is 3.12. The Kier molecular flexibility index (Phi) is 25.6. The summed E-state index contributed by atoms with van der Waals surface area (Å²) >= 11 is 0. The first-order chi connectivity index (χ1) is 58.4. The lowest BCUT2D eigenvalue weighted by Gasteiger charge is -2.27. The Morgan fingerprint density at radius 2 is 1.00 bits per heavy atom. The molecule has 0 bridgehead atoms. The van der Waals surface area contributed by atoms with E-state index in [0.717, 1.165) is 75.3 Å². The van der Waals surface area contributed by atoms with Crippen LogP contribution in [-0.2, 0) is 40.4 Å². The van der Waals surface area contributed by atoms with Gasteiger partial charge in [-0.2, -0.15) is 0 Å². The zero-order valence-electron chi connectivity index (χ0n) is 67.5. The molecule has 624 valence electrons. The van der Waals surface area contributed by atoms with Crippen molar-refractivity contribution in [3.63, 3.8) is 0 Å². The van der Waals surface area contributed by atoms with Crippen molar-refractivity contribution < 1.29 is 86.9 Å². The molecule has 4 aliphatic rings. The van der Waals surface area contributed by atoms with Crippen molar-refractivity contribution in [2.45, 2.75) is 72.6 Å². The van der Waals surface area contributed by atoms with E-state index >= 15 is 0 Å². The number of phenolic OH excluding ortho intramolecular Hbond substituents is 5. The van der Waals surface area contributed by atoms with Crippen molar-refractivity contribution in [3.8, 4) is 74.5 Å². The molecule has 6 aromatic heterocycles. The average molecular weight is 1640 g/mol. The molecule has 10 heterocycles. The summed E-state index contributed by atoms with van der Waals surface area (Å²) in [6.07, 6.45) is 2.82. The predicted molar refractivity (Wildman–Crippen MR) is 449 cm³/mol. The third-order valence-electron chi connectivity index (χ3n) is 20.5. The molecule has 0 aliphatic carbocycles. The number of pyridine rings is 2. The molecule has 0 unspecified atom stereocenters. The van der Waals surface area contributed by atoms with E-state index in [1.54, 1.807) is 77.8 Å². The van der Waals surface area contributed by atoms with Gasteiger partial charge in [0, 0.05) is 121 Å². The Labute approximate surface area is 693 Å². The van der Waals surface area contributed by atoms with Crippen molar-refractivity contribution in [3.05, 3.63) is 225 Å². The van der Waals surface area contributed by atoms with E-state index in [4.69, 9.17) is 52.5 Å². The van der Waals surface area contributed by atoms with E-state index in [1.807, 2.05) is 108 Å². The van der Waals surface area contributed by atoms with E-state index in [1.165, 1.54) is 48.2 Å². The number of aromatic nitrogens is 6. The minimum atomic E-state index is -0.556. The van der Waals surface area contributed by atoms with E-state index in [9.17, 15) is 54.8 Å². The maximum absolute atomic E-state index is 13.4. The van der Waals surface area contributed by atoms with Gasteiger partial charge >= 0.3 is 12.1 Å². The molecule has 17 rings (SSSR count). The molecule has 32 nitrogen and oxygen atoms in total. The lowest BCUT2D eigenvalue weighted by atomic mass is 9.98. The molecule has 2 fully saturated rings. The summed E-state index contributed by atoms with van der Waals surface area (Å²) in [5.41, 5.74) is 10.6. The third kappa shape index (κ3) is 19.3. The average Bonchev–Trinajstić information content (AvgIpc) is 1.62. The first kappa shape index (κ1) is 83.3. The summed E-state index contributed by atoms with van der Waals surface area (Å²) in [6, 6.07) is 44.0. The molecule has 0 radical (unpaired) electrons. The number of hydrogen-bond acceptors (Lipinski definition) is 28. The second kappa shape index (κ2) is 37.1. The number of nitrogens with one attached hydrogen (secondary N) is 1. The van der Waals surface area contributed by atoms with Crippen LogP contribution in [-0.4, -0.2) is 192 Å². The number of nitro groups is 1. The van der Waals surface area contributed by atoms with Crippen molar-refractivity contribution in [1.82, 2.24) is 49.9 Å². The van der Waals surface area contributed by atoms with E-state index in [0.29, 0.717) is 152 Å². The number of ether oxygens (including phenoxy) is 6. The van der Waals surface area contributed by atoms with Gasteiger partial charge in [-0.3, -0.25) is 24.5 Å². The number of non-ortho nitro benzene ring substituents is 1. The zero-order valence-corrected chi connectivity index (χ0v) is 67.5. The Balaban J connectivity index is 0.000000150. The van der Waals surface area contributed by atoms with Crippen LogP contribution in [0.15, 0.2) is 179 Å². The Bertz CT molecular complexity index is 6010. The molecule has 2 saturated heterocycles. The fourth-order valence-electron chi connectivity index (χ4n) is 14.2. The lowest BCUT2D eigenvalue weighted by Crippen LogP contribution is -2.37. The van der Waals surface area contributed by atoms with Gasteiger partial charge in [-0.25, -0.2) is 34.7 Å². The highest BCUT2D eigenvalue weighted by molar-refractivity contribution is 6.06. The molecule has 32 heteroatoms. The Morgan fingerprint density at radius 3 is 1.47 bits per heavy atom. The van der Waals surface area contributed by atoms with Crippen molar-refractivity contribution in [2.24, 2.45) is 0 Å². The van der Waals surface area contributed by atoms with Gasteiger partial charge in [0.05, 0.1) is 59.8 Å². The number of aromatic hydroxyl groups is 5. The Morgan fingerprint density at radius 1 is 0.529 bits per heavy atom. The molecule has 0 atom stereocenters. The second-order valence-electron chi connectivity index (χ2n) is 29.6. The number of furan rings is 2. The highest BCUT2D eigenvalue weighted by Gasteiger charge is 2.32. The summed E-state index contributed by atoms with van der Waals surface area (Å²) in [7, 11) is 3.51. The number of phenols is 5. The second-order valence-corrected chi connectivity index (χ2v) is 29.6. The van der Waals surface area contributed by atoms with Gasteiger partial charge in [0.25, 0.3) is 17.5 Å². The largest absolute Gasteiger partial charge is 0.508 e. The maximum Gasteiger partial charge on any atom is 0.415 e. The molecule has 4 aliphatic heterocycles. The van der Waals surface area contributed by atoms with Crippen molar-refractivity contribution >= 4 is 85.6 Å². The fraction of sp³-hybridized carbons (Fsp3) is 0.281. The number of esters is 1. The van der Waals surface area contributed by atoms with E-state index < -0.39 is 17.0 Å². The van der Waals surface area contributed by atoms with Gasteiger partial charge < -0.3 is 92.6 Å². The monoisotopic (exact) mass is 1640 g/mol.